The number of furan rings is 3. The first-order chi connectivity index (χ1) is 59.5. The molecule has 2 aliphatic carbocycles. The molecule has 0 atom stereocenters. The Hall–Kier alpha value is -16.0. The summed E-state index contributed by atoms with van der Waals surface area (Å²) in [5.74, 6) is 0. The van der Waals surface area contributed by atoms with Gasteiger partial charge in [0, 0.05) is 77.8 Å². The Balaban J connectivity index is 0.000000134. The summed E-state index contributed by atoms with van der Waals surface area (Å²) in [4.78, 5) is 4.73. The van der Waals surface area contributed by atoms with Crippen LogP contribution in [0.1, 0.15) is 22.3 Å². The Bertz CT molecular complexity index is 8170. The van der Waals surface area contributed by atoms with E-state index in [0.717, 1.165) is 117 Å². The highest BCUT2D eigenvalue weighted by molar-refractivity contribution is 6.18. The van der Waals surface area contributed by atoms with Gasteiger partial charge in [0.05, 0.1) is 66.7 Å². The van der Waals surface area contributed by atoms with Gasteiger partial charge in [-0.15, -0.1) is 0 Å². The van der Waals surface area contributed by atoms with E-state index in [1.807, 2.05) is 12.1 Å². The highest BCUT2D eigenvalue weighted by atomic mass is 16.3. The first kappa shape index (κ1) is 67.4. The number of anilines is 6. The Morgan fingerprint density at radius 2 is 0.608 bits per heavy atom. The first-order valence-electron chi connectivity index (χ1n) is 41.1. The zero-order chi connectivity index (χ0) is 78.7. The van der Waals surface area contributed by atoms with Crippen molar-refractivity contribution >= 4 is 154 Å². The number of para-hydroxylation sites is 6. The van der Waals surface area contributed by atoms with Crippen LogP contribution in [0.25, 0.3) is 176 Å². The minimum Gasteiger partial charge on any atom is -0.456 e. The molecule has 24 aromatic rings. The van der Waals surface area contributed by atoms with Crippen LogP contribution in [0.5, 0.6) is 0 Å². The number of aromatic nitrogens is 2. The van der Waals surface area contributed by atoms with Crippen LogP contribution in [-0.2, 0) is 5.41 Å². The summed E-state index contributed by atoms with van der Waals surface area (Å²) in [5.41, 5.74) is 32.8. The Morgan fingerprint density at radius 3 is 1.18 bits per heavy atom. The molecule has 0 radical (unpaired) electrons. The van der Waals surface area contributed by atoms with Gasteiger partial charge in [-0.25, -0.2) is 0 Å². The second-order valence-corrected chi connectivity index (χ2v) is 31.6. The van der Waals surface area contributed by atoms with E-state index in [9.17, 15) is 0 Å². The molecule has 7 heteroatoms. The van der Waals surface area contributed by atoms with Gasteiger partial charge in [-0.1, -0.05) is 291 Å². The molecule has 1 spiro atoms. The second kappa shape index (κ2) is 26.5. The Morgan fingerprint density at radius 1 is 0.217 bits per heavy atom. The lowest BCUT2D eigenvalue weighted by molar-refractivity contribution is 0.667. The molecule has 7 nitrogen and oxygen atoms in total. The van der Waals surface area contributed by atoms with Crippen LogP contribution in [0.4, 0.5) is 34.1 Å². The smallest absolute Gasteiger partial charge is 0.159 e. The maximum absolute atomic E-state index is 6.92. The Kier molecular flexibility index (Phi) is 14.9. The molecular formula is C113H70N4O3. The molecule has 5 aromatic heterocycles. The van der Waals surface area contributed by atoms with Crippen LogP contribution in [0.15, 0.2) is 438 Å². The van der Waals surface area contributed by atoms with Gasteiger partial charge in [0.2, 0.25) is 0 Å². The van der Waals surface area contributed by atoms with Crippen molar-refractivity contribution in [3.63, 3.8) is 0 Å². The summed E-state index contributed by atoms with van der Waals surface area (Å²) >= 11 is 0. The number of nitrogens with zero attached hydrogens (tertiary/aromatic N) is 4. The third kappa shape index (κ3) is 10.0. The largest absolute Gasteiger partial charge is 0.456 e. The van der Waals surface area contributed by atoms with Crippen molar-refractivity contribution in [2.75, 3.05) is 9.80 Å². The zero-order valence-corrected chi connectivity index (χ0v) is 64.9. The van der Waals surface area contributed by atoms with Crippen molar-refractivity contribution in [2.24, 2.45) is 0 Å². The van der Waals surface area contributed by atoms with Crippen LogP contribution in [-0.4, -0.2) is 9.13 Å². The highest BCUT2D eigenvalue weighted by Gasteiger charge is 2.52. The summed E-state index contributed by atoms with van der Waals surface area (Å²) < 4.78 is 25.1. The van der Waals surface area contributed by atoms with Gasteiger partial charge in [0.25, 0.3) is 0 Å². The fourth-order valence-corrected chi connectivity index (χ4v) is 20.3. The van der Waals surface area contributed by atoms with Gasteiger partial charge in [-0.2, -0.15) is 0 Å². The predicted molar refractivity (Wildman–Crippen MR) is 497 cm³/mol. The van der Waals surface area contributed by atoms with Crippen molar-refractivity contribution in [2.45, 2.75) is 5.41 Å². The van der Waals surface area contributed by atoms with Gasteiger partial charge in [0.1, 0.15) is 27.9 Å². The Labute approximate surface area is 690 Å². The van der Waals surface area contributed by atoms with Crippen LogP contribution < -0.4 is 9.80 Å². The summed E-state index contributed by atoms with van der Waals surface area (Å²) in [6, 6.07) is 153. The highest BCUT2D eigenvalue weighted by Crippen LogP contribution is 2.65. The molecule has 0 aliphatic heterocycles. The third-order valence-electron chi connectivity index (χ3n) is 25.4. The SMILES string of the molecule is c1ccc(-c2ccc(N(c3ccc4c(c3)oc3cccc(-n5c6ccccc6c6ccccc65)c34)c3cccc4c3-c3ccccc3C43c4ccccc4-c4ccccc43)cc2)cc1.c1ccc2cc(-c3ccc(N(c4ccc5c(c4)oc4cccc(-n6c7ccccc7c7ccccc76)c45)c4cccc5c4oc4ccccc45)cc3)ccc2c1. The standard InChI is InChI=1S/C61H38N2O.C52H32N2O2/c1-2-16-39(17-3-1)40-32-34-41(35-33-40)62(55-29-14-26-52-59(55)47-22-6-11-25-51(47)61(52)49-23-9-4-18-43(49)44-19-5-10-24-50(44)61)42-36-37-48-58(38-42)64-57-31-15-30-56(60(48)57)63-53-27-12-7-20-45(53)46-21-8-13-28-54(46)63;1-2-12-35-31-36(24-23-33(35)11-1)34-25-27-37(28-26-34)53(47-20-9-16-42-41-15-5-8-21-48(41)56-52(42)47)38-29-30-43-50(32-38)55-49-22-10-19-46(51(43)49)54-44-17-6-3-13-39(44)40-14-4-7-18-45(40)54/h1-38H;1-32H. The molecule has 0 bridgehead atoms. The molecule has 560 valence electrons. The van der Waals surface area contributed by atoms with Gasteiger partial charge in [-0.05, 0) is 193 Å². The van der Waals surface area contributed by atoms with E-state index in [2.05, 4.69) is 431 Å². The molecule has 19 aromatic carbocycles. The molecule has 0 N–H and O–H groups in total. The molecule has 120 heavy (non-hydrogen) atoms. The normalized spacial score (nSPS) is 12.6. The topological polar surface area (TPSA) is 55.8 Å². The lowest BCUT2D eigenvalue weighted by atomic mass is 9.70. The van der Waals surface area contributed by atoms with Crippen molar-refractivity contribution in [1.29, 1.82) is 0 Å². The number of rotatable bonds is 10. The fraction of sp³-hybridized carbons (Fsp3) is 0.00885. The summed E-state index contributed by atoms with van der Waals surface area (Å²) in [5, 5.41) is 13.9. The molecule has 0 fully saturated rings. The summed E-state index contributed by atoms with van der Waals surface area (Å²) in [7, 11) is 0. The fourth-order valence-electron chi connectivity index (χ4n) is 20.3. The number of hydrogen-bond donors (Lipinski definition) is 0. The quantitative estimate of drug-likeness (QED) is 0.137. The van der Waals surface area contributed by atoms with Crippen LogP contribution in [0, 0.1) is 0 Å². The van der Waals surface area contributed by atoms with E-state index < -0.39 is 5.41 Å². The van der Waals surface area contributed by atoms with E-state index in [4.69, 9.17) is 13.3 Å². The maximum Gasteiger partial charge on any atom is 0.159 e. The maximum atomic E-state index is 6.92. The van der Waals surface area contributed by atoms with Crippen LogP contribution in [0.2, 0.25) is 0 Å². The second-order valence-electron chi connectivity index (χ2n) is 31.6. The van der Waals surface area contributed by atoms with Gasteiger partial charge < -0.3 is 32.2 Å². The van der Waals surface area contributed by atoms with E-state index in [0.29, 0.717) is 0 Å². The van der Waals surface area contributed by atoms with E-state index in [-0.39, 0.29) is 0 Å². The van der Waals surface area contributed by atoms with Crippen molar-refractivity contribution in [3.8, 4) is 55.9 Å². The van der Waals surface area contributed by atoms with E-state index in [1.165, 1.54) is 116 Å². The van der Waals surface area contributed by atoms with Gasteiger partial charge >= 0.3 is 0 Å². The van der Waals surface area contributed by atoms with E-state index >= 15 is 0 Å². The first-order valence-corrected chi connectivity index (χ1v) is 41.1. The minimum absolute atomic E-state index is 0.455. The number of fused-ring (bicyclic) bond motifs is 26. The average molecular weight is 1530 g/mol. The molecule has 0 amide bonds. The van der Waals surface area contributed by atoms with Crippen molar-refractivity contribution < 1.29 is 13.3 Å². The molecule has 2 aliphatic rings. The summed E-state index contributed by atoms with van der Waals surface area (Å²) in [6.45, 7) is 0. The van der Waals surface area contributed by atoms with Crippen LogP contribution in [0.3, 0.4) is 0 Å². The van der Waals surface area contributed by atoms with Crippen molar-refractivity contribution in [1.82, 2.24) is 9.13 Å². The zero-order valence-electron chi connectivity index (χ0n) is 64.9. The van der Waals surface area contributed by atoms with Gasteiger partial charge in [0.15, 0.2) is 5.58 Å². The minimum atomic E-state index is -0.455. The molecular weight excluding hydrogens is 1460 g/mol. The van der Waals surface area contributed by atoms with Crippen LogP contribution >= 0.6 is 0 Å². The lowest BCUT2D eigenvalue weighted by Crippen LogP contribution is -2.26. The van der Waals surface area contributed by atoms with E-state index in [1.54, 1.807) is 0 Å². The lowest BCUT2D eigenvalue weighted by Gasteiger charge is -2.31. The number of benzene rings is 19. The third-order valence-corrected chi connectivity index (χ3v) is 25.4. The average Bonchev–Trinajstić information content (AvgIpc) is 1.54. The van der Waals surface area contributed by atoms with Gasteiger partial charge in [-0.3, -0.25) is 0 Å². The number of hydrogen-bond acceptors (Lipinski definition) is 5. The van der Waals surface area contributed by atoms with Crippen molar-refractivity contribution in [3.05, 3.63) is 447 Å². The molecule has 0 saturated heterocycles. The predicted octanol–water partition coefficient (Wildman–Crippen LogP) is 31.0. The molecule has 0 saturated carbocycles. The molecule has 26 rings (SSSR count). The summed E-state index contributed by atoms with van der Waals surface area (Å²) in [6.07, 6.45) is 0. The monoisotopic (exact) mass is 1530 g/mol. The molecule has 5 heterocycles. The molecule has 0 unspecified atom stereocenters.